The number of nitrogens with zero attached hydrogens (tertiary/aromatic N) is 2. The highest BCUT2D eigenvalue weighted by Gasteiger charge is 2.62. The lowest BCUT2D eigenvalue weighted by Crippen LogP contribution is -2.74. The average Bonchev–Trinajstić information content (AvgIpc) is 3.06. The summed E-state index contributed by atoms with van der Waals surface area (Å²) < 4.78 is 5.47. The molecule has 5 rings (SSSR count). The van der Waals surface area contributed by atoms with E-state index in [-0.39, 0.29) is 5.04 Å². The molecule has 0 spiro atoms. The Labute approximate surface area is 207 Å². The van der Waals surface area contributed by atoms with E-state index >= 15 is 0 Å². The Morgan fingerprint density at radius 3 is 1.97 bits per heavy atom. The SMILES string of the molecule is Cc1c2[n+]3c4c(cccc4c4cccc(C(C)C)c4c3n1C(C)C)C(C)(C)[Si]2(C(C)C)C(C)C. The van der Waals surface area contributed by atoms with Crippen LogP contribution in [0.25, 0.3) is 27.3 Å². The van der Waals surface area contributed by atoms with Crippen LogP contribution in [0.15, 0.2) is 36.4 Å². The largest absolute Gasteiger partial charge is 0.295 e. The second kappa shape index (κ2) is 7.43. The summed E-state index contributed by atoms with van der Waals surface area (Å²) in [6.07, 6.45) is 0. The molecule has 2 aromatic heterocycles. The maximum atomic E-state index is 2.78. The summed E-state index contributed by atoms with van der Waals surface area (Å²) in [4.78, 5) is 0. The first-order valence-corrected chi connectivity index (χ1v) is 15.5. The lowest BCUT2D eigenvalue weighted by atomic mass is 9.91. The molecule has 4 aromatic rings. The third kappa shape index (κ3) is 2.55. The van der Waals surface area contributed by atoms with Gasteiger partial charge in [0, 0.05) is 23.3 Å². The molecule has 0 atom stereocenters. The van der Waals surface area contributed by atoms with E-state index in [9.17, 15) is 0 Å². The molecule has 0 unspecified atom stereocenters. The highest BCUT2D eigenvalue weighted by atomic mass is 28.3. The summed E-state index contributed by atoms with van der Waals surface area (Å²) in [5.74, 6) is 0.476. The van der Waals surface area contributed by atoms with E-state index in [4.69, 9.17) is 0 Å². The first kappa shape index (κ1) is 23.6. The molecule has 1 aliphatic rings. The Morgan fingerprint density at radius 1 is 0.824 bits per heavy atom. The van der Waals surface area contributed by atoms with E-state index in [0.29, 0.717) is 23.0 Å². The summed E-state index contributed by atoms with van der Waals surface area (Å²) in [6.45, 7) is 27.1. The van der Waals surface area contributed by atoms with Gasteiger partial charge in [0.1, 0.15) is 16.5 Å². The zero-order valence-electron chi connectivity index (χ0n) is 23.2. The molecule has 0 bridgehead atoms. The van der Waals surface area contributed by atoms with Crippen molar-refractivity contribution in [2.75, 3.05) is 0 Å². The van der Waals surface area contributed by atoms with Crippen molar-refractivity contribution >= 4 is 40.7 Å². The number of fused-ring (bicyclic) bond motifs is 3. The average molecular weight is 472 g/mol. The highest BCUT2D eigenvalue weighted by Crippen LogP contribution is 2.51. The zero-order valence-corrected chi connectivity index (χ0v) is 24.2. The second-order valence-electron chi connectivity index (χ2n) is 12.5. The Balaban J connectivity index is 2.25. The number of aromatic nitrogens is 2. The van der Waals surface area contributed by atoms with Gasteiger partial charge in [-0.05, 0) is 41.4 Å². The summed E-state index contributed by atoms with van der Waals surface area (Å²) in [5.41, 5.74) is 8.68. The van der Waals surface area contributed by atoms with Crippen molar-refractivity contribution in [1.82, 2.24) is 4.57 Å². The predicted molar refractivity (Wildman–Crippen MR) is 150 cm³/mol. The predicted octanol–water partition coefficient (Wildman–Crippen LogP) is 7.85. The summed E-state index contributed by atoms with van der Waals surface area (Å²) in [5, 5.41) is 6.10. The van der Waals surface area contributed by atoms with E-state index in [1.807, 2.05) is 0 Å². The maximum Gasteiger partial charge on any atom is 0.295 e. The van der Waals surface area contributed by atoms with Crippen LogP contribution < -0.4 is 9.72 Å². The van der Waals surface area contributed by atoms with Gasteiger partial charge in [-0.25, -0.2) is 4.57 Å². The molecule has 0 N–H and O–H groups in total. The van der Waals surface area contributed by atoms with Crippen LogP contribution in [0.4, 0.5) is 0 Å². The summed E-state index contributed by atoms with van der Waals surface area (Å²) in [7, 11) is -2.05. The zero-order chi connectivity index (χ0) is 24.9. The summed E-state index contributed by atoms with van der Waals surface area (Å²) >= 11 is 0. The quantitative estimate of drug-likeness (QED) is 0.163. The molecule has 3 heteroatoms. The number of rotatable bonds is 4. The van der Waals surface area contributed by atoms with Crippen LogP contribution in [0.3, 0.4) is 0 Å². The first-order valence-electron chi connectivity index (χ1n) is 13.3. The topological polar surface area (TPSA) is 9.03 Å². The molecule has 180 valence electrons. The van der Waals surface area contributed by atoms with Crippen LogP contribution in [0.2, 0.25) is 11.1 Å². The molecule has 0 fully saturated rings. The first-order chi connectivity index (χ1) is 15.9. The van der Waals surface area contributed by atoms with E-state index in [1.54, 1.807) is 10.9 Å². The lowest BCUT2D eigenvalue weighted by molar-refractivity contribution is -0.462. The minimum atomic E-state index is -2.05. The van der Waals surface area contributed by atoms with Crippen LogP contribution in [0, 0.1) is 6.92 Å². The molecule has 0 saturated heterocycles. The number of para-hydroxylation sites is 1. The minimum Gasteiger partial charge on any atom is -0.225 e. The Hall–Kier alpha value is -2.13. The lowest BCUT2D eigenvalue weighted by Gasteiger charge is -2.51. The molecule has 3 heterocycles. The fourth-order valence-corrected chi connectivity index (χ4v) is 16.3. The standard InChI is InChI=1S/C31H43N2Si/c1-18(2)23-14-12-15-24-25-16-13-17-26-28(25)33-29(27(23)24)32(19(3)4)22(9)30(33)34(20(5)6,21(7)8)31(26,10)11/h12-21H,1-11H3/q+1. The van der Waals surface area contributed by atoms with Gasteiger partial charge >= 0.3 is 0 Å². The van der Waals surface area contributed by atoms with Crippen LogP contribution in [0.1, 0.15) is 98.0 Å². The number of hydrogen-bond acceptors (Lipinski definition) is 0. The molecule has 1 aliphatic heterocycles. The van der Waals surface area contributed by atoms with E-state index in [0.717, 1.165) is 0 Å². The molecule has 0 radical (unpaired) electrons. The van der Waals surface area contributed by atoms with Gasteiger partial charge in [0.15, 0.2) is 8.07 Å². The number of hydrogen-bond donors (Lipinski definition) is 0. The van der Waals surface area contributed by atoms with Crippen molar-refractivity contribution < 1.29 is 4.40 Å². The molecule has 0 amide bonds. The minimum absolute atomic E-state index is 0.138. The van der Waals surface area contributed by atoms with Crippen molar-refractivity contribution in [3.63, 3.8) is 0 Å². The van der Waals surface area contributed by atoms with Gasteiger partial charge in [-0.15, -0.1) is 0 Å². The van der Waals surface area contributed by atoms with Crippen molar-refractivity contribution in [2.45, 2.75) is 104 Å². The van der Waals surface area contributed by atoms with Crippen LogP contribution in [-0.2, 0) is 5.04 Å². The van der Waals surface area contributed by atoms with E-state index in [1.165, 1.54) is 38.6 Å². The van der Waals surface area contributed by atoms with Crippen LogP contribution >= 0.6 is 0 Å². The highest BCUT2D eigenvalue weighted by molar-refractivity contribution is 6.95. The van der Waals surface area contributed by atoms with Gasteiger partial charge in [-0.2, -0.15) is 4.40 Å². The van der Waals surface area contributed by atoms with Crippen molar-refractivity contribution in [3.8, 4) is 0 Å². The van der Waals surface area contributed by atoms with Gasteiger partial charge in [0.05, 0.1) is 11.4 Å². The van der Waals surface area contributed by atoms with Gasteiger partial charge in [-0.1, -0.05) is 91.8 Å². The van der Waals surface area contributed by atoms with Gasteiger partial charge in [-0.3, -0.25) is 0 Å². The van der Waals surface area contributed by atoms with Gasteiger partial charge in [0.2, 0.25) is 0 Å². The number of imidazole rings is 1. The van der Waals surface area contributed by atoms with Crippen LogP contribution in [-0.4, -0.2) is 12.6 Å². The second-order valence-corrected chi connectivity index (χ2v) is 18.3. The Bertz CT molecular complexity index is 1440. The molecule has 34 heavy (non-hydrogen) atoms. The van der Waals surface area contributed by atoms with Gasteiger partial charge < -0.3 is 0 Å². The fraction of sp³-hybridized carbons (Fsp3) is 0.516. The molecular weight excluding hydrogens is 428 g/mol. The normalized spacial score (nSPS) is 17.0. The third-order valence-corrected chi connectivity index (χ3v) is 16.6. The smallest absolute Gasteiger partial charge is 0.225 e. The molecule has 2 aromatic carbocycles. The molecule has 0 aliphatic carbocycles. The number of benzene rings is 2. The van der Waals surface area contributed by atoms with Crippen molar-refractivity contribution in [2.24, 2.45) is 0 Å². The fourth-order valence-electron chi connectivity index (χ4n) is 8.42. The molecular formula is C31H43N2Si+. The van der Waals surface area contributed by atoms with E-state index in [2.05, 4.69) is 122 Å². The third-order valence-electron chi connectivity index (χ3n) is 9.30. The maximum absolute atomic E-state index is 2.78. The van der Waals surface area contributed by atoms with Gasteiger partial charge in [0.25, 0.3) is 5.65 Å². The van der Waals surface area contributed by atoms with Crippen LogP contribution in [0.5, 0.6) is 0 Å². The molecule has 2 nitrogen and oxygen atoms in total. The van der Waals surface area contributed by atoms with Crippen molar-refractivity contribution in [3.05, 3.63) is 53.2 Å². The van der Waals surface area contributed by atoms with Crippen molar-refractivity contribution in [1.29, 1.82) is 0 Å². The summed E-state index contributed by atoms with van der Waals surface area (Å²) in [6, 6.07) is 14.6. The molecule has 0 saturated carbocycles. The Kier molecular flexibility index (Phi) is 5.16. The monoisotopic (exact) mass is 471 g/mol. The Morgan fingerprint density at radius 2 is 1.41 bits per heavy atom. The number of pyridine rings is 1. The van der Waals surface area contributed by atoms with E-state index < -0.39 is 8.07 Å².